The topological polar surface area (TPSA) is 3.24 Å². The Bertz CT molecular complexity index is 126. The number of piperidine rings is 1. The first kappa shape index (κ1) is 6.66. The Labute approximate surface area is 63.4 Å². The van der Waals surface area contributed by atoms with Crippen LogP contribution in [0.2, 0.25) is 0 Å². The summed E-state index contributed by atoms with van der Waals surface area (Å²) in [5, 5.41) is 0. The largest absolute Gasteiger partial charge is 0.303 e. The molecule has 2 heterocycles. The van der Waals surface area contributed by atoms with E-state index in [1.165, 1.54) is 32.5 Å². The third-order valence-electron chi connectivity index (χ3n) is 2.86. The van der Waals surface area contributed by atoms with Crippen molar-refractivity contribution in [1.82, 2.24) is 4.90 Å². The molecule has 2 bridgehead atoms. The molecule has 2 aliphatic rings. The molecule has 2 saturated heterocycles. The summed E-state index contributed by atoms with van der Waals surface area (Å²) < 4.78 is 0. The zero-order valence-electron chi connectivity index (χ0n) is 7.06. The van der Waals surface area contributed by atoms with Crippen molar-refractivity contribution in [2.45, 2.75) is 26.7 Å². The Morgan fingerprint density at radius 2 is 2.20 bits per heavy atom. The summed E-state index contributed by atoms with van der Waals surface area (Å²) >= 11 is 0. The molecule has 0 spiro atoms. The van der Waals surface area contributed by atoms with E-state index in [1.54, 1.807) is 0 Å². The molecule has 0 N–H and O–H groups in total. The molecular formula is C9H17N. The number of rotatable bonds is 0. The lowest BCUT2D eigenvalue weighted by Gasteiger charge is -2.36. The molecule has 0 saturated carbocycles. The van der Waals surface area contributed by atoms with Gasteiger partial charge in [0.05, 0.1) is 0 Å². The van der Waals surface area contributed by atoms with Gasteiger partial charge in [-0.3, -0.25) is 0 Å². The van der Waals surface area contributed by atoms with Crippen LogP contribution in [-0.4, -0.2) is 24.5 Å². The summed E-state index contributed by atoms with van der Waals surface area (Å²) in [6.45, 7) is 8.90. The van der Waals surface area contributed by atoms with Crippen molar-refractivity contribution in [2.75, 3.05) is 19.6 Å². The van der Waals surface area contributed by atoms with Crippen molar-refractivity contribution in [2.24, 2.45) is 11.3 Å². The minimum absolute atomic E-state index is 0.611. The molecule has 2 fully saturated rings. The molecule has 2 rings (SSSR count). The van der Waals surface area contributed by atoms with Crippen LogP contribution in [0.15, 0.2) is 0 Å². The van der Waals surface area contributed by atoms with E-state index in [0.717, 1.165) is 5.92 Å². The van der Waals surface area contributed by atoms with Crippen LogP contribution in [0.3, 0.4) is 0 Å². The summed E-state index contributed by atoms with van der Waals surface area (Å²) in [5.41, 5.74) is 0.611. The van der Waals surface area contributed by atoms with Crippen molar-refractivity contribution in [1.29, 1.82) is 0 Å². The molecule has 1 nitrogen and oxygen atoms in total. The number of hydrogen-bond donors (Lipinski definition) is 0. The lowest BCUT2D eigenvalue weighted by atomic mass is 9.80. The molecule has 2 atom stereocenters. The van der Waals surface area contributed by atoms with E-state index < -0.39 is 0 Å². The van der Waals surface area contributed by atoms with E-state index >= 15 is 0 Å². The van der Waals surface area contributed by atoms with Gasteiger partial charge in [0, 0.05) is 13.1 Å². The number of hydrogen-bond acceptors (Lipinski definition) is 1. The molecule has 10 heavy (non-hydrogen) atoms. The number of nitrogens with zero attached hydrogens (tertiary/aromatic N) is 1. The molecule has 0 aromatic carbocycles. The van der Waals surface area contributed by atoms with E-state index in [2.05, 4.69) is 18.7 Å². The molecule has 2 unspecified atom stereocenters. The molecule has 0 aromatic rings. The van der Waals surface area contributed by atoms with Crippen LogP contribution in [0.4, 0.5) is 0 Å². The van der Waals surface area contributed by atoms with Crippen LogP contribution in [0.1, 0.15) is 26.7 Å². The lowest BCUT2D eigenvalue weighted by Crippen LogP contribution is -2.38. The van der Waals surface area contributed by atoms with Crippen molar-refractivity contribution >= 4 is 0 Å². The highest BCUT2D eigenvalue weighted by molar-refractivity contribution is 4.89. The van der Waals surface area contributed by atoms with Crippen LogP contribution >= 0.6 is 0 Å². The molecule has 1 heteroatoms. The highest BCUT2D eigenvalue weighted by atomic mass is 15.2. The monoisotopic (exact) mass is 139 g/mol. The van der Waals surface area contributed by atoms with E-state index in [4.69, 9.17) is 0 Å². The molecule has 2 aliphatic heterocycles. The molecule has 58 valence electrons. The quantitative estimate of drug-likeness (QED) is 0.494. The number of fused-ring (bicyclic) bond motifs is 2. The maximum Gasteiger partial charge on any atom is 0.00329 e. The average molecular weight is 139 g/mol. The predicted octanol–water partition coefficient (Wildman–Crippen LogP) is 1.74. The normalized spacial score (nSPS) is 43.8. The fourth-order valence-electron chi connectivity index (χ4n) is 2.67. The lowest BCUT2D eigenvalue weighted by molar-refractivity contribution is 0.134. The third-order valence-corrected chi connectivity index (χ3v) is 2.86. The third kappa shape index (κ3) is 1.07. The Kier molecular flexibility index (Phi) is 1.31. The van der Waals surface area contributed by atoms with Gasteiger partial charge in [-0.25, -0.2) is 0 Å². The SMILES string of the molecule is CC1(C)CC2CCN(C2)C1. The van der Waals surface area contributed by atoms with Crippen LogP contribution in [0.25, 0.3) is 0 Å². The first-order valence-corrected chi connectivity index (χ1v) is 4.38. The Morgan fingerprint density at radius 1 is 1.40 bits per heavy atom. The van der Waals surface area contributed by atoms with Gasteiger partial charge in [-0.05, 0) is 30.7 Å². The van der Waals surface area contributed by atoms with Gasteiger partial charge in [-0.2, -0.15) is 0 Å². The Morgan fingerprint density at radius 3 is 2.90 bits per heavy atom. The highest BCUT2D eigenvalue weighted by Crippen LogP contribution is 2.37. The first-order valence-electron chi connectivity index (χ1n) is 4.38. The second-order valence-electron chi connectivity index (χ2n) is 4.76. The van der Waals surface area contributed by atoms with Crippen LogP contribution in [0.5, 0.6) is 0 Å². The molecule has 0 radical (unpaired) electrons. The highest BCUT2D eigenvalue weighted by Gasteiger charge is 2.36. The van der Waals surface area contributed by atoms with Gasteiger partial charge in [0.1, 0.15) is 0 Å². The van der Waals surface area contributed by atoms with Gasteiger partial charge < -0.3 is 4.90 Å². The summed E-state index contributed by atoms with van der Waals surface area (Å²) in [5.74, 6) is 1.03. The Hall–Kier alpha value is -0.0400. The average Bonchev–Trinajstić information content (AvgIpc) is 2.08. The maximum absolute atomic E-state index is 2.62. The van der Waals surface area contributed by atoms with Crippen molar-refractivity contribution in [3.63, 3.8) is 0 Å². The molecule has 0 amide bonds. The molecule has 0 aromatic heterocycles. The predicted molar refractivity (Wildman–Crippen MR) is 42.9 cm³/mol. The van der Waals surface area contributed by atoms with Crippen molar-refractivity contribution in [3.8, 4) is 0 Å². The van der Waals surface area contributed by atoms with Gasteiger partial charge in [0.25, 0.3) is 0 Å². The van der Waals surface area contributed by atoms with Gasteiger partial charge in [-0.1, -0.05) is 13.8 Å². The first-order chi connectivity index (χ1) is 4.66. The maximum atomic E-state index is 2.62. The zero-order valence-corrected chi connectivity index (χ0v) is 7.06. The smallest absolute Gasteiger partial charge is 0.00329 e. The van der Waals surface area contributed by atoms with E-state index in [-0.39, 0.29) is 0 Å². The molecule has 0 aliphatic carbocycles. The standard InChI is InChI=1S/C9H17N/c1-9(2)5-8-3-4-10(6-8)7-9/h8H,3-7H2,1-2H3. The fraction of sp³-hybridized carbons (Fsp3) is 1.00. The second kappa shape index (κ2) is 1.97. The minimum atomic E-state index is 0.611. The summed E-state index contributed by atoms with van der Waals surface area (Å²) in [7, 11) is 0. The Balaban J connectivity index is 2.09. The zero-order chi connectivity index (χ0) is 7.19. The van der Waals surface area contributed by atoms with E-state index in [0.29, 0.717) is 5.41 Å². The van der Waals surface area contributed by atoms with Crippen molar-refractivity contribution in [3.05, 3.63) is 0 Å². The van der Waals surface area contributed by atoms with Crippen molar-refractivity contribution < 1.29 is 0 Å². The van der Waals surface area contributed by atoms with Crippen LogP contribution in [-0.2, 0) is 0 Å². The second-order valence-corrected chi connectivity index (χ2v) is 4.76. The van der Waals surface area contributed by atoms with Gasteiger partial charge in [-0.15, -0.1) is 0 Å². The van der Waals surface area contributed by atoms with E-state index in [1.807, 2.05) is 0 Å². The van der Waals surface area contributed by atoms with Gasteiger partial charge in [0.2, 0.25) is 0 Å². The minimum Gasteiger partial charge on any atom is -0.303 e. The summed E-state index contributed by atoms with van der Waals surface area (Å²) in [6, 6.07) is 0. The summed E-state index contributed by atoms with van der Waals surface area (Å²) in [6.07, 6.45) is 2.92. The van der Waals surface area contributed by atoms with E-state index in [9.17, 15) is 0 Å². The van der Waals surface area contributed by atoms with Crippen LogP contribution < -0.4 is 0 Å². The fourth-order valence-corrected chi connectivity index (χ4v) is 2.67. The summed E-state index contributed by atoms with van der Waals surface area (Å²) in [4.78, 5) is 2.62. The van der Waals surface area contributed by atoms with Gasteiger partial charge >= 0.3 is 0 Å². The van der Waals surface area contributed by atoms with Crippen LogP contribution in [0, 0.1) is 11.3 Å². The van der Waals surface area contributed by atoms with Gasteiger partial charge in [0.15, 0.2) is 0 Å². The molecular weight excluding hydrogens is 122 g/mol.